The van der Waals surface area contributed by atoms with Crippen LogP contribution in [0.15, 0.2) is 0 Å². The Morgan fingerprint density at radius 1 is 1.13 bits per heavy atom. The second-order valence-corrected chi connectivity index (χ2v) is 5.67. The van der Waals surface area contributed by atoms with E-state index in [0.29, 0.717) is 0 Å². The summed E-state index contributed by atoms with van der Waals surface area (Å²) in [6.45, 7) is 3.27. The maximum atomic E-state index is 5.82. The molecule has 15 heavy (non-hydrogen) atoms. The van der Waals surface area contributed by atoms with Crippen molar-refractivity contribution < 1.29 is 0 Å². The number of hydrogen-bond donors (Lipinski definition) is 2. The van der Waals surface area contributed by atoms with Crippen LogP contribution in [0.4, 0.5) is 0 Å². The van der Waals surface area contributed by atoms with Crippen molar-refractivity contribution in [3.05, 3.63) is 0 Å². The van der Waals surface area contributed by atoms with Crippen LogP contribution in [0.2, 0.25) is 0 Å². The average Bonchev–Trinajstić information content (AvgIpc) is 2.65. The molecular weight excluding hydrogens is 184 g/mol. The van der Waals surface area contributed by atoms with Crippen molar-refractivity contribution in [2.45, 2.75) is 64.0 Å². The van der Waals surface area contributed by atoms with Gasteiger partial charge in [0.25, 0.3) is 0 Å². The van der Waals surface area contributed by atoms with Crippen LogP contribution in [-0.4, -0.2) is 18.6 Å². The number of hydrogen-bond acceptors (Lipinski definition) is 2. The van der Waals surface area contributed by atoms with Gasteiger partial charge in [-0.15, -0.1) is 0 Å². The van der Waals surface area contributed by atoms with E-state index in [2.05, 4.69) is 12.2 Å². The zero-order valence-electron chi connectivity index (χ0n) is 10.0. The highest BCUT2D eigenvalue weighted by atomic mass is 15.0. The smallest absolute Gasteiger partial charge is 0.0110 e. The lowest BCUT2D eigenvalue weighted by molar-refractivity contribution is 0.261. The van der Waals surface area contributed by atoms with Gasteiger partial charge in [0.15, 0.2) is 0 Å². The maximum absolute atomic E-state index is 5.82. The van der Waals surface area contributed by atoms with E-state index in [1.165, 1.54) is 44.9 Å². The van der Waals surface area contributed by atoms with E-state index in [1.54, 1.807) is 0 Å². The van der Waals surface area contributed by atoms with Crippen molar-refractivity contribution in [3.8, 4) is 0 Å². The molecule has 88 valence electrons. The molecule has 0 heterocycles. The van der Waals surface area contributed by atoms with E-state index >= 15 is 0 Å². The minimum absolute atomic E-state index is 0.727. The Morgan fingerprint density at radius 2 is 1.93 bits per heavy atom. The molecule has 0 aliphatic heterocycles. The van der Waals surface area contributed by atoms with Gasteiger partial charge in [-0.2, -0.15) is 0 Å². The van der Waals surface area contributed by atoms with Crippen LogP contribution in [-0.2, 0) is 0 Å². The molecule has 2 aliphatic carbocycles. The van der Waals surface area contributed by atoms with Crippen LogP contribution in [0.5, 0.6) is 0 Å². The van der Waals surface area contributed by atoms with Crippen molar-refractivity contribution in [3.63, 3.8) is 0 Å². The first-order valence-electron chi connectivity index (χ1n) is 6.75. The third-order valence-electron chi connectivity index (χ3n) is 4.35. The lowest BCUT2D eigenvalue weighted by atomic mass is 9.86. The Bertz CT molecular complexity index is 193. The minimum Gasteiger partial charge on any atom is -0.330 e. The second kappa shape index (κ2) is 5.31. The largest absolute Gasteiger partial charge is 0.330 e. The third kappa shape index (κ3) is 2.94. The van der Waals surface area contributed by atoms with Gasteiger partial charge in [-0.05, 0) is 44.1 Å². The SMILES string of the molecule is CC1CCCC(NC2CCCC2CN)C1. The number of nitrogens with two attached hydrogens (primary N) is 1. The topological polar surface area (TPSA) is 38.0 Å². The van der Waals surface area contributed by atoms with Gasteiger partial charge in [-0.25, -0.2) is 0 Å². The monoisotopic (exact) mass is 210 g/mol. The Kier molecular flexibility index (Phi) is 4.04. The van der Waals surface area contributed by atoms with Gasteiger partial charge in [0.2, 0.25) is 0 Å². The first-order chi connectivity index (χ1) is 7.29. The molecule has 4 unspecified atom stereocenters. The molecule has 0 bridgehead atoms. The highest BCUT2D eigenvalue weighted by molar-refractivity contribution is 4.87. The molecule has 0 spiro atoms. The second-order valence-electron chi connectivity index (χ2n) is 5.67. The Morgan fingerprint density at radius 3 is 2.67 bits per heavy atom. The van der Waals surface area contributed by atoms with E-state index in [4.69, 9.17) is 5.73 Å². The average molecular weight is 210 g/mol. The fourth-order valence-electron chi connectivity index (χ4n) is 3.43. The summed E-state index contributed by atoms with van der Waals surface area (Å²) >= 11 is 0. The van der Waals surface area contributed by atoms with Crippen molar-refractivity contribution in [2.24, 2.45) is 17.6 Å². The standard InChI is InChI=1S/C13H26N2/c1-10-4-2-6-12(8-10)15-13-7-3-5-11(13)9-14/h10-13,15H,2-9,14H2,1H3. The quantitative estimate of drug-likeness (QED) is 0.750. The Balaban J connectivity index is 1.80. The molecule has 2 saturated carbocycles. The summed E-state index contributed by atoms with van der Waals surface area (Å²) in [5, 5.41) is 3.87. The predicted molar refractivity (Wildman–Crippen MR) is 64.7 cm³/mol. The molecule has 2 heteroatoms. The highest BCUT2D eigenvalue weighted by Crippen LogP contribution is 2.29. The first-order valence-corrected chi connectivity index (χ1v) is 6.75. The van der Waals surface area contributed by atoms with Crippen molar-refractivity contribution >= 4 is 0 Å². The first kappa shape index (κ1) is 11.4. The van der Waals surface area contributed by atoms with Crippen LogP contribution in [0.1, 0.15) is 51.9 Å². The number of nitrogens with one attached hydrogen (secondary N) is 1. The molecule has 2 aliphatic rings. The lowest BCUT2D eigenvalue weighted by Crippen LogP contribution is -2.44. The Hall–Kier alpha value is -0.0800. The van der Waals surface area contributed by atoms with Crippen LogP contribution >= 0.6 is 0 Å². The molecule has 4 atom stereocenters. The van der Waals surface area contributed by atoms with Crippen LogP contribution in [0.3, 0.4) is 0 Å². The summed E-state index contributed by atoms with van der Waals surface area (Å²) in [6.07, 6.45) is 9.69. The summed E-state index contributed by atoms with van der Waals surface area (Å²) in [5.74, 6) is 1.68. The van der Waals surface area contributed by atoms with Gasteiger partial charge < -0.3 is 11.1 Å². The highest BCUT2D eigenvalue weighted by Gasteiger charge is 2.29. The van der Waals surface area contributed by atoms with Crippen LogP contribution in [0.25, 0.3) is 0 Å². The summed E-state index contributed by atoms with van der Waals surface area (Å²) in [6, 6.07) is 1.51. The van der Waals surface area contributed by atoms with Gasteiger partial charge in [0.05, 0.1) is 0 Å². The summed E-state index contributed by atoms with van der Waals surface area (Å²) < 4.78 is 0. The maximum Gasteiger partial charge on any atom is 0.0110 e. The summed E-state index contributed by atoms with van der Waals surface area (Å²) in [7, 11) is 0. The van der Waals surface area contributed by atoms with Gasteiger partial charge in [0.1, 0.15) is 0 Å². The minimum atomic E-state index is 0.727. The van der Waals surface area contributed by atoms with Gasteiger partial charge in [-0.1, -0.05) is 26.2 Å². The van der Waals surface area contributed by atoms with E-state index in [1.807, 2.05) is 0 Å². The third-order valence-corrected chi connectivity index (χ3v) is 4.35. The Labute approximate surface area is 94.0 Å². The zero-order valence-corrected chi connectivity index (χ0v) is 10.0. The van der Waals surface area contributed by atoms with E-state index in [9.17, 15) is 0 Å². The summed E-state index contributed by atoms with van der Waals surface area (Å²) in [5.41, 5.74) is 5.82. The van der Waals surface area contributed by atoms with Gasteiger partial charge >= 0.3 is 0 Å². The van der Waals surface area contributed by atoms with E-state index < -0.39 is 0 Å². The van der Waals surface area contributed by atoms with Crippen molar-refractivity contribution in [1.82, 2.24) is 5.32 Å². The van der Waals surface area contributed by atoms with E-state index in [0.717, 1.165) is 30.5 Å². The normalized spacial score (nSPS) is 42.0. The molecule has 0 aromatic rings. The molecule has 0 saturated heterocycles. The molecule has 2 nitrogen and oxygen atoms in total. The summed E-state index contributed by atoms with van der Waals surface area (Å²) in [4.78, 5) is 0. The van der Waals surface area contributed by atoms with E-state index in [-0.39, 0.29) is 0 Å². The molecule has 2 fully saturated rings. The van der Waals surface area contributed by atoms with Crippen molar-refractivity contribution in [1.29, 1.82) is 0 Å². The number of rotatable bonds is 3. The molecule has 0 aromatic carbocycles. The molecule has 2 rings (SSSR count). The van der Waals surface area contributed by atoms with Crippen LogP contribution in [0, 0.1) is 11.8 Å². The zero-order chi connectivity index (χ0) is 10.7. The fraction of sp³-hybridized carbons (Fsp3) is 1.00. The van der Waals surface area contributed by atoms with Crippen molar-refractivity contribution in [2.75, 3.05) is 6.54 Å². The lowest BCUT2D eigenvalue weighted by Gasteiger charge is -2.32. The predicted octanol–water partition coefficient (Wildman–Crippen LogP) is 2.28. The molecule has 0 radical (unpaired) electrons. The van der Waals surface area contributed by atoms with Crippen LogP contribution < -0.4 is 11.1 Å². The van der Waals surface area contributed by atoms with Gasteiger partial charge in [-0.3, -0.25) is 0 Å². The molecule has 0 aromatic heterocycles. The molecule has 0 amide bonds. The van der Waals surface area contributed by atoms with Gasteiger partial charge in [0, 0.05) is 12.1 Å². The fourth-order valence-corrected chi connectivity index (χ4v) is 3.43. The molecule has 3 N–H and O–H groups in total. The molecular formula is C13H26N2.